The zero-order valence-corrected chi connectivity index (χ0v) is 10.2. The Morgan fingerprint density at radius 2 is 2.14 bits per heavy atom. The molecule has 0 bridgehead atoms. The van der Waals surface area contributed by atoms with E-state index in [0.717, 1.165) is 15.6 Å². The van der Waals surface area contributed by atoms with E-state index in [4.69, 9.17) is 23.1 Å². The van der Waals surface area contributed by atoms with E-state index in [1.165, 1.54) is 0 Å². The first kappa shape index (κ1) is 12.0. The highest BCUT2D eigenvalue weighted by atomic mass is 35.5. The van der Waals surface area contributed by atoms with Crippen LogP contribution in [0.2, 0.25) is 4.34 Å². The Kier molecular flexibility index (Phi) is 3.95. The van der Waals surface area contributed by atoms with Gasteiger partial charge in [0.05, 0.1) is 4.34 Å². The Morgan fingerprint density at radius 1 is 1.50 bits per heavy atom. The molecule has 14 heavy (non-hydrogen) atoms. The van der Waals surface area contributed by atoms with E-state index < -0.39 is 0 Å². The molecule has 0 aliphatic rings. The van der Waals surface area contributed by atoms with Crippen LogP contribution in [0.5, 0.6) is 0 Å². The number of hydrogen-bond donors (Lipinski definition) is 2. The van der Waals surface area contributed by atoms with Gasteiger partial charge in [0.2, 0.25) is 0 Å². The van der Waals surface area contributed by atoms with E-state index >= 15 is 0 Å². The smallest absolute Gasteiger partial charge is 0.0931 e. The fourth-order valence-corrected chi connectivity index (χ4v) is 2.37. The summed E-state index contributed by atoms with van der Waals surface area (Å²) in [6, 6.07) is 3.92. The SMILES string of the molecule is CC(C)(CN)CC(N)c1ccc(Cl)s1. The molecular formula is C10H17ClN2S. The fourth-order valence-electron chi connectivity index (χ4n) is 1.31. The molecule has 1 heterocycles. The predicted molar refractivity (Wildman–Crippen MR) is 63.7 cm³/mol. The van der Waals surface area contributed by atoms with Crippen molar-refractivity contribution in [3.63, 3.8) is 0 Å². The van der Waals surface area contributed by atoms with E-state index in [9.17, 15) is 0 Å². The lowest BCUT2D eigenvalue weighted by atomic mass is 9.86. The number of hydrogen-bond acceptors (Lipinski definition) is 3. The van der Waals surface area contributed by atoms with Crippen LogP contribution in [0.15, 0.2) is 12.1 Å². The highest BCUT2D eigenvalue weighted by molar-refractivity contribution is 7.16. The van der Waals surface area contributed by atoms with Crippen molar-refractivity contribution in [3.05, 3.63) is 21.3 Å². The van der Waals surface area contributed by atoms with Gasteiger partial charge in [-0.25, -0.2) is 0 Å². The van der Waals surface area contributed by atoms with Gasteiger partial charge in [-0.15, -0.1) is 11.3 Å². The first-order valence-corrected chi connectivity index (χ1v) is 5.85. The van der Waals surface area contributed by atoms with Crippen molar-refractivity contribution in [3.8, 4) is 0 Å². The van der Waals surface area contributed by atoms with Crippen LogP contribution in [0.25, 0.3) is 0 Å². The molecule has 0 spiro atoms. The minimum Gasteiger partial charge on any atom is -0.330 e. The van der Waals surface area contributed by atoms with E-state index in [1.807, 2.05) is 12.1 Å². The monoisotopic (exact) mass is 232 g/mol. The van der Waals surface area contributed by atoms with Crippen molar-refractivity contribution in [2.24, 2.45) is 16.9 Å². The lowest BCUT2D eigenvalue weighted by molar-refractivity contribution is 0.319. The highest BCUT2D eigenvalue weighted by Gasteiger charge is 2.21. The summed E-state index contributed by atoms with van der Waals surface area (Å²) in [5.74, 6) is 0. The van der Waals surface area contributed by atoms with Crippen LogP contribution < -0.4 is 11.5 Å². The summed E-state index contributed by atoms with van der Waals surface area (Å²) < 4.78 is 0.793. The van der Waals surface area contributed by atoms with Gasteiger partial charge in [-0.1, -0.05) is 25.4 Å². The molecule has 0 radical (unpaired) electrons. The molecule has 1 aromatic rings. The second-order valence-electron chi connectivity index (χ2n) is 4.32. The van der Waals surface area contributed by atoms with E-state index in [2.05, 4.69) is 13.8 Å². The van der Waals surface area contributed by atoms with Crippen LogP contribution in [0.1, 0.15) is 31.2 Å². The van der Waals surface area contributed by atoms with Crippen molar-refractivity contribution in [1.29, 1.82) is 0 Å². The van der Waals surface area contributed by atoms with E-state index in [0.29, 0.717) is 6.54 Å². The zero-order valence-electron chi connectivity index (χ0n) is 8.59. The van der Waals surface area contributed by atoms with E-state index in [1.54, 1.807) is 11.3 Å². The second kappa shape index (κ2) is 4.62. The van der Waals surface area contributed by atoms with Crippen LogP contribution in [0, 0.1) is 5.41 Å². The normalized spacial score (nSPS) is 14.4. The molecule has 0 fully saturated rings. The molecule has 2 nitrogen and oxygen atoms in total. The number of nitrogens with two attached hydrogens (primary N) is 2. The number of halogens is 1. The first-order chi connectivity index (χ1) is 6.44. The van der Waals surface area contributed by atoms with Gasteiger partial charge in [0.1, 0.15) is 0 Å². The van der Waals surface area contributed by atoms with Crippen molar-refractivity contribution in [2.45, 2.75) is 26.3 Å². The highest BCUT2D eigenvalue weighted by Crippen LogP contribution is 2.32. The van der Waals surface area contributed by atoms with Crippen molar-refractivity contribution in [1.82, 2.24) is 0 Å². The lowest BCUT2D eigenvalue weighted by Gasteiger charge is -2.25. The minimum atomic E-state index is 0.0473. The van der Waals surface area contributed by atoms with Crippen LogP contribution in [-0.2, 0) is 0 Å². The molecule has 1 aromatic heterocycles. The first-order valence-electron chi connectivity index (χ1n) is 4.65. The Balaban J connectivity index is 2.63. The largest absolute Gasteiger partial charge is 0.330 e. The molecule has 0 saturated heterocycles. The Morgan fingerprint density at radius 3 is 2.57 bits per heavy atom. The van der Waals surface area contributed by atoms with Gasteiger partial charge in [0.15, 0.2) is 0 Å². The molecule has 0 aliphatic carbocycles. The van der Waals surface area contributed by atoms with Gasteiger partial charge in [-0.2, -0.15) is 0 Å². The summed E-state index contributed by atoms with van der Waals surface area (Å²) in [7, 11) is 0. The average Bonchev–Trinajstić information content (AvgIpc) is 2.51. The molecule has 0 saturated carbocycles. The van der Waals surface area contributed by atoms with Gasteiger partial charge >= 0.3 is 0 Å². The molecule has 0 aliphatic heterocycles. The maximum Gasteiger partial charge on any atom is 0.0931 e. The number of thiophene rings is 1. The molecule has 1 rings (SSSR count). The summed E-state index contributed by atoms with van der Waals surface area (Å²) in [4.78, 5) is 1.14. The summed E-state index contributed by atoms with van der Waals surface area (Å²) >= 11 is 7.39. The Bertz CT molecular complexity index is 296. The Hall–Kier alpha value is -0.0900. The maximum absolute atomic E-state index is 6.07. The second-order valence-corrected chi connectivity index (χ2v) is 6.07. The molecule has 80 valence electrons. The molecule has 0 aromatic carbocycles. The fraction of sp³-hybridized carbons (Fsp3) is 0.600. The van der Waals surface area contributed by atoms with Crippen molar-refractivity contribution >= 4 is 22.9 Å². The zero-order chi connectivity index (χ0) is 10.8. The van der Waals surface area contributed by atoms with Crippen molar-refractivity contribution < 1.29 is 0 Å². The average molecular weight is 233 g/mol. The Labute approximate surface area is 94.2 Å². The molecule has 4 heteroatoms. The molecule has 1 atom stereocenters. The quantitative estimate of drug-likeness (QED) is 0.839. The molecule has 0 amide bonds. The van der Waals surface area contributed by atoms with Gasteiger partial charge in [0, 0.05) is 10.9 Å². The van der Waals surface area contributed by atoms with Gasteiger partial charge in [-0.05, 0) is 30.5 Å². The third-order valence-electron chi connectivity index (χ3n) is 2.28. The molecular weight excluding hydrogens is 216 g/mol. The van der Waals surface area contributed by atoms with E-state index in [-0.39, 0.29) is 11.5 Å². The predicted octanol–water partition coefficient (Wildman–Crippen LogP) is 2.78. The lowest BCUT2D eigenvalue weighted by Crippen LogP contribution is -2.28. The maximum atomic E-state index is 6.07. The summed E-state index contributed by atoms with van der Waals surface area (Å²) in [6.07, 6.45) is 0.889. The van der Waals surface area contributed by atoms with Gasteiger partial charge in [0.25, 0.3) is 0 Å². The summed E-state index contributed by atoms with van der Waals surface area (Å²) in [5.41, 5.74) is 11.8. The molecule has 4 N–H and O–H groups in total. The van der Waals surface area contributed by atoms with Crippen LogP contribution >= 0.6 is 22.9 Å². The standard InChI is InChI=1S/C10H17ClN2S/c1-10(2,6-12)5-7(13)8-3-4-9(11)14-8/h3-4,7H,5-6,12-13H2,1-2H3. The van der Waals surface area contributed by atoms with Crippen LogP contribution in [0.4, 0.5) is 0 Å². The third kappa shape index (κ3) is 3.24. The van der Waals surface area contributed by atoms with Gasteiger partial charge < -0.3 is 11.5 Å². The van der Waals surface area contributed by atoms with Crippen molar-refractivity contribution in [2.75, 3.05) is 6.54 Å². The minimum absolute atomic E-state index is 0.0473. The molecule has 1 unspecified atom stereocenters. The summed E-state index contributed by atoms with van der Waals surface area (Å²) in [6.45, 7) is 4.91. The summed E-state index contributed by atoms with van der Waals surface area (Å²) in [5, 5.41) is 0. The topological polar surface area (TPSA) is 52.0 Å². The van der Waals surface area contributed by atoms with Gasteiger partial charge in [-0.3, -0.25) is 0 Å². The van der Waals surface area contributed by atoms with Crippen LogP contribution in [0.3, 0.4) is 0 Å². The number of rotatable bonds is 4. The van der Waals surface area contributed by atoms with Crippen LogP contribution in [-0.4, -0.2) is 6.54 Å². The third-order valence-corrected chi connectivity index (χ3v) is 3.65.